The van der Waals surface area contributed by atoms with Crippen LogP contribution in [-0.4, -0.2) is 14.2 Å². The molecule has 29 heavy (non-hydrogen) atoms. The van der Waals surface area contributed by atoms with Gasteiger partial charge in [-0.1, -0.05) is 42.5 Å². The van der Waals surface area contributed by atoms with Gasteiger partial charge in [0, 0.05) is 11.5 Å². The molecule has 1 aromatic heterocycles. The van der Waals surface area contributed by atoms with Gasteiger partial charge in [-0.2, -0.15) is 0 Å². The Bertz CT molecular complexity index is 1180. The molecule has 0 atom stereocenters. The molecule has 5 heteroatoms. The monoisotopic (exact) mass is 388 g/mol. The Hall–Kier alpha value is -3.73. The summed E-state index contributed by atoms with van der Waals surface area (Å²) in [4.78, 5) is 12.2. The molecular weight excluding hydrogens is 368 g/mol. The molecule has 0 bridgehead atoms. The Morgan fingerprint density at radius 3 is 2.31 bits per heavy atom. The maximum atomic E-state index is 12.2. The molecule has 0 saturated heterocycles. The van der Waals surface area contributed by atoms with Gasteiger partial charge >= 0.3 is 5.63 Å². The molecule has 0 aliphatic carbocycles. The lowest BCUT2D eigenvalue weighted by molar-refractivity contribution is 0.306. The zero-order chi connectivity index (χ0) is 20.2. The predicted molar refractivity (Wildman–Crippen MR) is 112 cm³/mol. The third-order valence-electron chi connectivity index (χ3n) is 4.67. The quantitative estimate of drug-likeness (QED) is 0.432. The SMILES string of the molecule is COc1ccc2c(-c3ccc(OCc4ccccc4)cc3)cc(=O)oc2c1OC. The lowest BCUT2D eigenvalue weighted by Gasteiger charge is -2.12. The highest BCUT2D eigenvalue weighted by Gasteiger charge is 2.16. The van der Waals surface area contributed by atoms with Crippen molar-refractivity contribution in [2.24, 2.45) is 0 Å². The van der Waals surface area contributed by atoms with E-state index >= 15 is 0 Å². The van der Waals surface area contributed by atoms with Gasteiger partial charge in [-0.15, -0.1) is 0 Å². The third kappa shape index (κ3) is 3.80. The highest BCUT2D eigenvalue weighted by atomic mass is 16.5. The van der Waals surface area contributed by atoms with Crippen LogP contribution in [0.1, 0.15) is 5.56 Å². The third-order valence-corrected chi connectivity index (χ3v) is 4.67. The minimum absolute atomic E-state index is 0.360. The van der Waals surface area contributed by atoms with Crippen molar-refractivity contribution in [3.63, 3.8) is 0 Å². The van der Waals surface area contributed by atoms with Gasteiger partial charge in [0.15, 0.2) is 11.3 Å². The van der Waals surface area contributed by atoms with Crippen LogP contribution in [0.15, 0.2) is 82.0 Å². The Kier molecular flexibility index (Phi) is 5.20. The first kappa shape index (κ1) is 18.6. The van der Waals surface area contributed by atoms with E-state index in [4.69, 9.17) is 18.6 Å². The van der Waals surface area contributed by atoms with Gasteiger partial charge in [0.05, 0.1) is 14.2 Å². The smallest absolute Gasteiger partial charge is 0.336 e. The second-order valence-corrected chi connectivity index (χ2v) is 6.46. The molecule has 3 aromatic carbocycles. The molecule has 0 amide bonds. The Labute approximate surface area is 168 Å². The van der Waals surface area contributed by atoms with Crippen molar-refractivity contribution in [1.82, 2.24) is 0 Å². The Balaban J connectivity index is 1.68. The molecule has 146 valence electrons. The molecular formula is C24H20O5. The summed E-state index contributed by atoms with van der Waals surface area (Å²) in [6.45, 7) is 0.495. The first-order valence-corrected chi connectivity index (χ1v) is 9.15. The zero-order valence-electron chi connectivity index (χ0n) is 16.2. The second kappa shape index (κ2) is 8.10. The van der Waals surface area contributed by atoms with E-state index in [1.807, 2.05) is 60.7 Å². The van der Waals surface area contributed by atoms with Gasteiger partial charge in [-0.05, 0) is 41.0 Å². The van der Waals surface area contributed by atoms with Crippen molar-refractivity contribution in [1.29, 1.82) is 0 Å². The Morgan fingerprint density at radius 2 is 1.62 bits per heavy atom. The predicted octanol–water partition coefficient (Wildman–Crippen LogP) is 5.06. The number of hydrogen-bond donors (Lipinski definition) is 0. The first-order chi connectivity index (χ1) is 14.2. The van der Waals surface area contributed by atoms with E-state index in [0.29, 0.717) is 23.7 Å². The summed E-state index contributed by atoms with van der Waals surface area (Å²) in [6, 6.07) is 22.7. The van der Waals surface area contributed by atoms with Gasteiger partial charge in [0.2, 0.25) is 5.75 Å². The van der Waals surface area contributed by atoms with Gasteiger partial charge in [-0.3, -0.25) is 0 Å². The molecule has 1 heterocycles. The number of methoxy groups -OCH3 is 2. The lowest BCUT2D eigenvalue weighted by Crippen LogP contribution is -2.01. The van der Waals surface area contributed by atoms with E-state index < -0.39 is 5.63 Å². The van der Waals surface area contributed by atoms with Gasteiger partial charge in [0.25, 0.3) is 0 Å². The van der Waals surface area contributed by atoms with Crippen LogP contribution in [0.4, 0.5) is 0 Å². The van der Waals surface area contributed by atoms with Crippen molar-refractivity contribution >= 4 is 11.0 Å². The van der Waals surface area contributed by atoms with Gasteiger partial charge in [-0.25, -0.2) is 4.79 Å². The highest BCUT2D eigenvalue weighted by Crippen LogP contribution is 2.38. The van der Waals surface area contributed by atoms with Crippen molar-refractivity contribution in [2.45, 2.75) is 6.61 Å². The molecule has 4 rings (SSSR count). The number of hydrogen-bond acceptors (Lipinski definition) is 5. The average Bonchev–Trinajstić information content (AvgIpc) is 2.77. The number of ether oxygens (including phenoxy) is 3. The van der Waals surface area contributed by atoms with Crippen LogP contribution in [0, 0.1) is 0 Å². The minimum atomic E-state index is -0.455. The van der Waals surface area contributed by atoms with Crippen molar-refractivity contribution in [2.75, 3.05) is 14.2 Å². The summed E-state index contributed by atoms with van der Waals surface area (Å²) < 4.78 is 22.0. The fraction of sp³-hybridized carbons (Fsp3) is 0.125. The zero-order valence-corrected chi connectivity index (χ0v) is 16.2. The summed E-state index contributed by atoms with van der Waals surface area (Å²) in [7, 11) is 3.06. The maximum absolute atomic E-state index is 12.2. The van der Waals surface area contributed by atoms with Crippen LogP contribution in [0.3, 0.4) is 0 Å². The van der Waals surface area contributed by atoms with Crippen LogP contribution in [-0.2, 0) is 6.61 Å². The molecule has 0 fully saturated rings. The van der Waals surface area contributed by atoms with Crippen molar-refractivity contribution in [3.8, 4) is 28.4 Å². The molecule has 0 aliphatic heterocycles. The molecule has 0 unspecified atom stereocenters. The molecule has 0 spiro atoms. The van der Waals surface area contributed by atoms with E-state index in [-0.39, 0.29) is 0 Å². The fourth-order valence-electron chi connectivity index (χ4n) is 3.25. The maximum Gasteiger partial charge on any atom is 0.336 e. The van der Waals surface area contributed by atoms with Gasteiger partial charge < -0.3 is 18.6 Å². The summed E-state index contributed by atoms with van der Waals surface area (Å²) in [6.07, 6.45) is 0. The van der Waals surface area contributed by atoms with Crippen LogP contribution in [0.25, 0.3) is 22.1 Å². The van der Waals surface area contributed by atoms with Crippen molar-refractivity contribution in [3.05, 3.63) is 88.8 Å². The van der Waals surface area contributed by atoms with Crippen LogP contribution < -0.4 is 19.8 Å². The summed E-state index contributed by atoms with van der Waals surface area (Å²) in [5.74, 6) is 1.65. The molecule has 4 aromatic rings. The van der Waals surface area contributed by atoms with E-state index in [9.17, 15) is 4.79 Å². The summed E-state index contributed by atoms with van der Waals surface area (Å²) >= 11 is 0. The van der Waals surface area contributed by atoms with Crippen LogP contribution in [0.5, 0.6) is 17.2 Å². The van der Waals surface area contributed by atoms with Crippen LogP contribution in [0.2, 0.25) is 0 Å². The standard InChI is InChI=1S/C24H20O5/c1-26-21-13-12-19-20(14-22(25)29-23(19)24(21)27-2)17-8-10-18(11-9-17)28-15-16-6-4-3-5-7-16/h3-14H,15H2,1-2H3. The summed E-state index contributed by atoms with van der Waals surface area (Å²) in [5, 5.41) is 0.764. The van der Waals surface area contributed by atoms with Crippen molar-refractivity contribution < 1.29 is 18.6 Å². The number of fused-ring (bicyclic) bond motifs is 1. The van der Waals surface area contributed by atoms with Crippen LogP contribution >= 0.6 is 0 Å². The second-order valence-electron chi connectivity index (χ2n) is 6.46. The van der Waals surface area contributed by atoms with E-state index in [1.165, 1.54) is 13.2 Å². The number of benzene rings is 3. The molecule has 0 N–H and O–H groups in total. The number of rotatable bonds is 6. The topological polar surface area (TPSA) is 57.9 Å². The van der Waals surface area contributed by atoms with E-state index in [2.05, 4.69) is 0 Å². The minimum Gasteiger partial charge on any atom is -0.493 e. The largest absolute Gasteiger partial charge is 0.493 e. The molecule has 0 radical (unpaired) electrons. The summed E-state index contributed by atoms with van der Waals surface area (Å²) in [5.41, 5.74) is 2.64. The Morgan fingerprint density at radius 1 is 0.862 bits per heavy atom. The fourth-order valence-corrected chi connectivity index (χ4v) is 3.25. The normalized spacial score (nSPS) is 10.7. The first-order valence-electron chi connectivity index (χ1n) is 9.15. The molecule has 0 aliphatic rings. The van der Waals surface area contributed by atoms with E-state index in [0.717, 1.165) is 27.8 Å². The van der Waals surface area contributed by atoms with Gasteiger partial charge in [0.1, 0.15) is 12.4 Å². The average molecular weight is 388 g/mol. The highest BCUT2D eigenvalue weighted by molar-refractivity contribution is 5.97. The molecule has 5 nitrogen and oxygen atoms in total. The lowest BCUT2D eigenvalue weighted by atomic mass is 10.0. The molecule has 0 saturated carbocycles. The van der Waals surface area contributed by atoms with E-state index in [1.54, 1.807) is 13.2 Å².